The van der Waals surface area contributed by atoms with E-state index in [1.807, 2.05) is 18.2 Å². The fraction of sp³-hybridized carbons (Fsp3) is 0.158. The Morgan fingerprint density at radius 3 is 2.85 bits per heavy atom. The van der Waals surface area contributed by atoms with Crippen LogP contribution in [0.2, 0.25) is 0 Å². The first-order valence-electron chi connectivity index (χ1n) is 8.62. The SMILES string of the molecule is O=C(Nc1cccc(N2CCCNC2=O)c1)c1cnn(-c2cccnc2)c1. The molecule has 0 unspecified atom stereocenters. The number of benzene rings is 1. The molecule has 1 aliphatic heterocycles. The van der Waals surface area contributed by atoms with E-state index in [4.69, 9.17) is 0 Å². The van der Waals surface area contributed by atoms with Gasteiger partial charge in [0.1, 0.15) is 0 Å². The molecule has 1 saturated heterocycles. The normalized spacial score (nSPS) is 13.9. The summed E-state index contributed by atoms with van der Waals surface area (Å²) < 4.78 is 1.59. The van der Waals surface area contributed by atoms with Crippen LogP contribution in [-0.2, 0) is 0 Å². The van der Waals surface area contributed by atoms with E-state index in [1.54, 1.807) is 46.4 Å². The molecule has 0 atom stereocenters. The van der Waals surface area contributed by atoms with E-state index in [2.05, 4.69) is 20.7 Å². The van der Waals surface area contributed by atoms with Gasteiger partial charge in [-0.2, -0.15) is 5.10 Å². The fourth-order valence-corrected chi connectivity index (χ4v) is 2.90. The number of aromatic nitrogens is 3. The van der Waals surface area contributed by atoms with Crippen LogP contribution < -0.4 is 15.5 Å². The van der Waals surface area contributed by atoms with E-state index in [0.717, 1.165) is 17.8 Å². The van der Waals surface area contributed by atoms with Crippen molar-refractivity contribution in [1.82, 2.24) is 20.1 Å². The maximum atomic E-state index is 12.5. The molecule has 3 amide bonds. The quantitative estimate of drug-likeness (QED) is 0.746. The van der Waals surface area contributed by atoms with Crippen molar-refractivity contribution in [2.75, 3.05) is 23.3 Å². The van der Waals surface area contributed by atoms with Gasteiger partial charge in [-0.25, -0.2) is 9.48 Å². The number of anilines is 2. The molecule has 0 aliphatic carbocycles. The predicted octanol–water partition coefficient (Wildman–Crippen LogP) is 2.44. The summed E-state index contributed by atoms with van der Waals surface area (Å²) in [6, 6.07) is 10.8. The standard InChI is InChI=1S/C19H18N6O2/c26-18(14-11-22-25(13-14)17-6-2-7-20-12-17)23-15-4-1-5-16(10-15)24-9-3-8-21-19(24)27/h1-2,4-7,10-13H,3,8-9H2,(H,21,27)(H,23,26). The highest BCUT2D eigenvalue weighted by atomic mass is 16.2. The number of nitrogens with one attached hydrogen (secondary N) is 2. The van der Waals surface area contributed by atoms with Crippen molar-refractivity contribution in [2.45, 2.75) is 6.42 Å². The number of carbonyl (C=O) groups excluding carboxylic acids is 2. The molecule has 2 aromatic heterocycles. The van der Waals surface area contributed by atoms with Gasteiger partial charge in [-0.05, 0) is 36.8 Å². The van der Waals surface area contributed by atoms with Crippen LogP contribution >= 0.6 is 0 Å². The lowest BCUT2D eigenvalue weighted by Crippen LogP contribution is -2.46. The summed E-state index contributed by atoms with van der Waals surface area (Å²) in [4.78, 5) is 30.2. The number of amides is 3. The van der Waals surface area contributed by atoms with Gasteiger partial charge in [-0.3, -0.25) is 14.7 Å². The summed E-state index contributed by atoms with van der Waals surface area (Å²) in [5.41, 5.74) is 2.57. The van der Waals surface area contributed by atoms with Gasteiger partial charge in [0.05, 0.1) is 23.6 Å². The first-order valence-corrected chi connectivity index (χ1v) is 8.62. The highest BCUT2D eigenvalue weighted by molar-refractivity contribution is 6.04. The van der Waals surface area contributed by atoms with Crippen LogP contribution in [0.15, 0.2) is 61.2 Å². The number of nitrogens with zero attached hydrogens (tertiary/aromatic N) is 4. The van der Waals surface area contributed by atoms with Gasteiger partial charge in [0, 0.05) is 36.9 Å². The molecule has 0 saturated carbocycles. The van der Waals surface area contributed by atoms with E-state index in [1.165, 1.54) is 6.20 Å². The Hall–Kier alpha value is -3.68. The summed E-state index contributed by atoms with van der Waals surface area (Å²) in [7, 11) is 0. The molecule has 3 aromatic rings. The highest BCUT2D eigenvalue weighted by Crippen LogP contribution is 2.21. The molecule has 1 aromatic carbocycles. The summed E-state index contributed by atoms with van der Waals surface area (Å²) in [6.45, 7) is 1.34. The average molecular weight is 362 g/mol. The Morgan fingerprint density at radius 2 is 2.04 bits per heavy atom. The third-order valence-corrected chi connectivity index (χ3v) is 4.25. The highest BCUT2D eigenvalue weighted by Gasteiger charge is 2.19. The zero-order chi connectivity index (χ0) is 18.6. The first-order chi connectivity index (χ1) is 13.2. The predicted molar refractivity (Wildman–Crippen MR) is 101 cm³/mol. The number of rotatable bonds is 4. The van der Waals surface area contributed by atoms with Gasteiger partial charge < -0.3 is 10.6 Å². The van der Waals surface area contributed by atoms with E-state index < -0.39 is 0 Å². The van der Waals surface area contributed by atoms with Crippen molar-refractivity contribution in [2.24, 2.45) is 0 Å². The van der Waals surface area contributed by atoms with Gasteiger partial charge in [0.2, 0.25) is 0 Å². The molecule has 0 radical (unpaired) electrons. The number of carbonyl (C=O) groups is 2. The second-order valence-corrected chi connectivity index (χ2v) is 6.13. The molecular weight excluding hydrogens is 344 g/mol. The molecule has 0 spiro atoms. The Morgan fingerprint density at radius 1 is 1.15 bits per heavy atom. The van der Waals surface area contributed by atoms with Crippen LogP contribution in [0.4, 0.5) is 16.2 Å². The molecule has 136 valence electrons. The molecule has 3 heterocycles. The van der Waals surface area contributed by atoms with Gasteiger partial charge in [-0.1, -0.05) is 6.07 Å². The summed E-state index contributed by atoms with van der Waals surface area (Å²) >= 11 is 0. The topological polar surface area (TPSA) is 92.2 Å². The molecule has 27 heavy (non-hydrogen) atoms. The third kappa shape index (κ3) is 3.64. The van der Waals surface area contributed by atoms with Crippen LogP contribution in [0.5, 0.6) is 0 Å². The zero-order valence-electron chi connectivity index (χ0n) is 14.5. The number of hydrogen-bond acceptors (Lipinski definition) is 4. The number of urea groups is 1. The van der Waals surface area contributed by atoms with Crippen LogP contribution in [0.1, 0.15) is 16.8 Å². The van der Waals surface area contributed by atoms with Gasteiger partial charge >= 0.3 is 6.03 Å². The second-order valence-electron chi connectivity index (χ2n) is 6.13. The van der Waals surface area contributed by atoms with Crippen molar-refractivity contribution >= 4 is 23.3 Å². The van der Waals surface area contributed by atoms with Crippen molar-refractivity contribution in [3.05, 3.63) is 66.7 Å². The maximum absolute atomic E-state index is 12.5. The lowest BCUT2D eigenvalue weighted by molar-refractivity contribution is 0.102. The smallest absolute Gasteiger partial charge is 0.321 e. The van der Waals surface area contributed by atoms with Crippen molar-refractivity contribution in [3.8, 4) is 5.69 Å². The van der Waals surface area contributed by atoms with Gasteiger partial charge in [0.25, 0.3) is 5.91 Å². The third-order valence-electron chi connectivity index (χ3n) is 4.25. The van der Waals surface area contributed by atoms with Crippen LogP contribution in [0.25, 0.3) is 5.69 Å². The molecule has 8 heteroatoms. The number of pyridine rings is 1. The van der Waals surface area contributed by atoms with Gasteiger partial charge in [0.15, 0.2) is 0 Å². The number of hydrogen-bond donors (Lipinski definition) is 2. The summed E-state index contributed by atoms with van der Waals surface area (Å²) in [5, 5.41) is 9.87. The van der Waals surface area contributed by atoms with Gasteiger partial charge in [-0.15, -0.1) is 0 Å². The molecular formula is C19H18N6O2. The van der Waals surface area contributed by atoms with E-state index >= 15 is 0 Å². The largest absolute Gasteiger partial charge is 0.338 e. The second kappa shape index (κ2) is 7.28. The molecule has 1 aliphatic rings. The van der Waals surface area contributed by atoms with Crippen LogP contribution in [0.3, 0.4) is 0 Å². The van der Waals surface area contributed by atoms with E-state index in [-0.39, 0.29) is 11.9 Å². The molecule has 2 N–H and O–H groups in total. The van der Waals surface area contributed by atoms with Crippen molar-refractivity contribution in [1.29, 1.82) is 0 Å². The minimum atomic E-state index is -0.273. The van der Waals surface area contributed by atoms with Crippen LogP contribution in [0, 0.1) is 0 Å². The molecule has 0 bridgehead atoms. The van der Waals surface area contributed by atoms with E-state index in [0.29, 0.717) is 24.3 Å². The average Bonchev–Trinajstić information content (AvgIpc) is 3.20. The summed E-state index contributed by atoms with van der Waals surface area (Å²) in [6.07, 6.45) is 7.38. The van der Waals surface area contributed by atoms with Crippen LogP contribution in [-0.4, -0.2) is 39.8 Å². The fourth-order valence-electron chi connectivity index (χ4n) is 2.90. The lowest BCUT2D eigenvalue weighted by Gasteiger charge is -2.27. The Bertz CT molecular complexity index is 969. The van der Waals surface area contributed by atoms with Crippen molar-refractivity contribution in [3.63, 3.8) is 0 Å². The Kier molecular flexibility index (Phi) is 4.52. The molecule has 4 rings (SSSR count). The minimum absolute atomic E-state index is 0.123. The Labute approximate surface area is 155 Å². The summed E-state index contributed by atoms with van der Waals surface area (Å²) in [5.74, 6) is -0.273. The molecule has 8 nitrogen and oxygen atoms in total. The molecule has 1 fully saturated rings. The lowest BCUT2D eigenvalue weighted by atomic mass is 10.2. The van der Waals surface area contributed by atoms with Crippen molar-refractivity contribution < 1.29 is 9.59 Å². The zero-order valence-corrected chi connectivity index (χ0v) is 14.5. The Balaban J connectivity index is 1.49. The van der Waals surface area contributed by atoms with E-state index in [9.17, 15) is 9.59 Å². The maximum Gasteiger partial charge on any atom is 0.321 e. The monoisotopic (exact) mass is 362 g/mol. The first kappa shape index (κ1) is 16.8. The minimum Gasteiger partial charge on any atom is -0.338 e.